The zero-order valence-electron chi connectivity index (χ0n) is 15.7. The van der Waals surface area contributed by atoms with Crippen molar-refractivity contribution < 1.29 is 19.2 Å². The van der Waals surface area contributed by atoms with Crippen molar-refractivity contribution in [2.75, 3.05) is 20.2 Å². The van der Waals surface area contributed by atoms with Gasteiger partial charge in [-0.05, 0) is 36.7 Å². The Morgan fingerprint density at radius 3 is 2.57 bits per heavy atom. The first-order valence-corrected chi connectivity index (χ1v) is 9.08. The average molecular weight is 382 g/mol. The summed E-state index contributed by atoms with van der Waals surface area (Å²) in [4.78, 5) is 25.2. The van der Waals surface area contributed by atoms with Crippen LogP contribution in [0.25, 0.3) is 6.08 Å². The van der Waals surface area contributed by atoms with Crippen molar-refractivity contribution in [3.8, 4) is 5.75 Å². The Bertz CT molecular complexity index is 874. The van der Waals surface area contributed by atoms with E-state index in [0.717, 1.165) is 31.5 Å². The summed E-state index contributed by atoms with van der Waals surface area (Å²) >= 11 is 0. The predicted molar refractivity (Wildman–Crippen MR) is 105 cm³/mol. The highest BCUT2D eigenvalue weighted by atomic mass is 16.6. The first-order chi connectivity index (χ1) is 13.6. The number of carbonyl (C=O) groups is 1. The minimum Gasteiger partial charge on any atom is -0.488 e. The van der Waals surface area contributed by atoms with Gasteiger partial charge in [-0.1, -0.05) is 30.3 Å². The third-order valence-electron chi connectivity index (χ3n) is 4.57. The number of rotatable bonds is 7. The minimum atomic E-state index is -0.650. The van der Waals surface area contributed by atoms with E-state index in [2.05, 4.69) is 4.90 Å². The Kier molecular flexibility index (Phi) is 6.26. The molecule has 2 aromatic rings. The smallest absolute Gasteiger partial charge is 0.338 e. The summed E-state index contributed by atoms with van der Waals surface area (Å²) in [6, 6.07) is 12.2. The van der Waals surface area contributed by atoms with Crippen LogP contribution < -0.4 is 4.74 Å². The molecule has 0 spiro atoms. The molecular weight excluding hydrogens is 360 g/mol. The van der Waals surface area contributed by atoms with Crippen molar-refractivity contribution in [3.63, 3.8) is 0 Å². The fraction of sp³-hybridized carbons (Fsp3) is 0.286. The van der Waals surface area contributed by atoms with Gasteiger partial charge in [-0.15, -0.1) is 0 Å². The van der Waals surface area contributed by atoms with Crippen LogP contribution >= 0.6 is 0 Å². The number of carbonyl (C=O) groups excluding carboxylic acids is 1. The minimum absolute atomic E-state index is 0.0792. The number of nitro groups is 1. The van der Waals surface area contributed by atoms with Crippen LogP contribution in [0.5, 0.6) is 5.75 Å². The van der Waals surface area contributed by atoms with E-state index in [1.165, 1.54) is 19.2 Å². The van der Waals surface area contributed by atoms with E-state index < -0.39 is 10.9 Å². The highest BCUT2D eigenvalue weighted by molar-refractivity contribution is 5.92. The first kappa shape index (κ1) is 19.4. The third kappa shape index (κ3) is 4.68. The topological polar surface area (TPSA) is 81.9 Å². The largest absolute Gasteiger partial charge is 0.488 e. The van der Waals surface area contributed by atoms with E-state index in [-0.39, 0.29) is 23.6 Å². The predicted octanol–water partition coefficient (Wildman–Crippen LogP) is 4.03. The number of hydrogen-bond acceptors (Lipinski definition) is 6. The molecule has 0 N–H and O–H groups in total. The maximum absolute atomic E-state index is 12.0. The van der Waals surface area contributed by atoms with Gasteiger partial charge in [0.15, 0.2) is 0 Å². The molecule has 3 rings (SSSR count). The summed E-state index contributed by atoms with van der Waals surface area (Å²) < 4.78 is 10.6. The van der Waals surface area contributed by atoms with Gasteiger partial charge in [0.05, 0.1) is 23.2 Å². The lowest BCUT2D eigenvalue weighted by Gasteiger charge is -2.14. The number of esters is 1. The lowest BCUT2D eigenvalue weighted by Crippen LogP contribution is -2.10. The molecule has 0 amide bonds. The molecular formula is C21H22N2O5. The molecule has 0 unspecified atom stereocenters. The Morgan fingerprint density at radius 1 is 1.21 bits per heavy atom. The number of benzene rings is 2. The van der Waals surface area contributed by atoms with Crippen molar-refractivity contribution >= 4 is 17.7 Å². The van der Waals surface area contributed by atoms with E-state index in [9.17, 15) is 14.9 Å². The van der Waals surface area contributed by atoms with Crippen LogP contribution in [0.3, 0.4) is 0 Å². The van der Waals surface area contributed by atoms with Crippen LogP contribution in [0.2, 0.25) is 0 Å². The monoisotopic (exact) mass is 382 g/mol. The summed E-state index contributed by atoms with van der Waals surface area (Å²) in [5.74, 6) is -0.378. The van der Waals surface area contributed by atoms with E-state index in [0.29, 0.717) is 5.56 Å². The van der Waals surface area contributed by atoms with Crippen LogP contribution in [0.1, 0.15) is 34.3 Å². The lowest BCUT2D eigenvalue weighted by molar-refractivity contribution is -0.385. The zero-order valence-corrected chi connectivity index (χ0v) is 15.7. The van der Waals surface area contributed by atoms with E-state index in [1.54, 1.807) is 6.08 Å². The molecule has 28 heavy (non-hydrogen) atoms. The normalized spacial score (nSPS) is 13.7. The zero-order chi connectivity index (χ0) is 19.9. The Labute approximate surface area is 163 Å². The number of likely N-dealkylation sites (tertiary alicyclic amines) is 1. The van der Waals surface area contributed by atoms with E-state index in [1.807, 2.05) is 36.5 Å². The maximum atomic E-state index is 12.0. The van der Waals surface area contributed by atoms with Crippen LogP contribution in [-0.4, -0.2) is 36.0 Å². The van der Waals surface area contributed by atoms with E-state index in [4.69, 9.17) is 9.47 Å². The molecule has 1 fully saturated rings. The molecule has 1 aliphatic heterocycles. The Morgan fingerprint density at radius 2 is 1.93 bits per heavy atom. The van der Waals surface area contributed by atoms with Gasteiger partial charge in [-0.25, -0.2) is 4.79 Å². The summed E-state index contributed by atoms with van der Waals surface area (Å²) in [5, 5.41) is 11.7. The first-order valence-electron chi connectivity index (χ1n) is 9.08. The van der Waals surface area contributed by atoms with Crippen molar-refractivity contribution in [1.29, 1.82) is 0 Å². The molecule has 0 saturated carbocycles. The van der Waals surface area contributed by atoms with E-state index >= 15 is 0 Å². The number of methoxy groups -OCH3 is 1. The molecule has 0 aromatic heterocycles. The fourth-order valence-electron chi connectivity index (χ4n) is 3.09. The summed E-state index contributed by atoms with van der Waals surface area (Å²) in [5.41, 5.74) is 1.14. The van der Waals surface area contributed by atoms with Crippen molar-refractivity contribution in [2.45, 2.75) is 19.4 Å². The lowest BCUT2D eigenvalue weighted by atomic mass is 10.1. The Balaban J connectivity index is 1.99. The number of nitro benzene ring substituents is 1. The maximum Gasteiger partial charge on any atom is 0.338 e. The van der Waals surface area contributed by atoms with Gasteiger partial charge in [-0.3, -0.25) is 10.1 Å². The van der Waals surface area contributed by atoms with Crippen LogP contribution in [-0.2, 0) is 11.3 Å². The quantitative estimate of drug-likeness (QED) is 0.409. The summed E-state index contributed by atoms with van der Waals surface area (Å²) in [6.07, 6.45) is 5.74. The van der Waals surface area contributed by atoms with Gasteiger partial charge in [0.25, 0.3) is 5.69 Å². The molecule has 0 aliphatic carbocycles. The third-order valence-corrected chi connectivity index (χ3v) is 4.57. The SMILES string of the molecule is COC(=O)c1cc(OCc2ccccc2)c(/C=C/N2CCCC2)c([N+](=O)[O-])c1. The molecule has 0 atom stereocenters. The Hall–Kier alpha value is -3.35. The van der Waals surface area contributed by atoms with Crippen molar-refractivity contribution in [2.24, 2.45) is 0 Å². The highest BCUT2D eigenvalue weighted by Gasteiger charge is 2.22. The number of nitrogens with zero attached hydrogens (tertiary/aromatic N) is 2. The molecule has 0 radical (unpaired) electrons. The van der Waals surface area contributed by atoms with Gasteiger partial charge < -0.3 is 14.4 Å². The molecule has 1 aliphatic rings. The number of ether oxygens (including phenoxy) is 2. The van der Waals surface area contributed by atoms with Gasteiger partial charge in [-0.2, -0.15) is 0 Å². The highest BCUT2D eigenvalue weighted by Crippen LogP contribution is 2.33. The second-order valence-corrected chi connectivity index (χ2v) is 6.49. The number of hydrogen-bond donors (Lipinski definition) is 0. The van der Waals surface area contributed by atoms with Crippen LogP contribution in [0.15, 0.2) is 48.7 Å². The van der Waals surface area contributed by atoms with Gasteiger partial charge in [0.2, 0.25) is 0 Å². The van der Waals surface area contributed by atoms with Crippen molar-refractivity contribution in [3.05, 3.63) is 75.5 Å². The van der Waals surface area contributed by atoms with Gasteiger partial charge >= 0.3 is 5.97 Å². The molecule has 1 saturated heterocycles. The summed E-state index contributed by atoms with van der Waals surface area (Å²) in [7, 11) is 1.24. The molecule has 1 heterocycles. The summed E-state index contributed by atoms with van der Waals surface area (Å²) in [6.45, 7) is 2.07. The average Bonchev–Trinajstić information content (AvgIpc) is 3.24. The second-order valence-electron chi connectivity index (χ2n) is 6.49. The van der Waals surface area contributed by atoms with Crippen LogP contribution in [0.4, 0.5) is 5.69 Å². The second kappa shape index (κ2) is 9.03. The van der Waals surface area contributed by atoms with Gasteiger partial charge in [0.1, 0.15) is 12.4 Å². The van der Waals surface area contributed by atoms with Crippen molar-refractivity contribution in [1.82, 2.24) is 4.90 Å². The van der Waals surface area contributed by atoms with Gasteiger partial charge in [0, 0.05) is 19.2 Å². The molecule has 2 aromatic carbocycles. The molecule has 146 valence electrons. The fourth-order valence-corrected chi connectivity index (χ4v) is 3.09. The molecule has 7 nitrogen and oxygen atoms in total. The molecule has 0 bridgehead atoms. The van der Waals surface area contributed by atoms with Crippen LogP contribution in [0, 0.1) is 10.1 Å². The molecule has 7 heteroatoms. The standard InChI is InChI=1S/C21H22N2O5/c1-27-21(24)17-13-19(23(25)26)18(9-12-22-10-5-6-11-22)20(14-17)28-15-16-7-3-2-4-8-16/h2-4,7-9,12-14H,5-6,10-11,15H2,1H3/b12-9+.